The van der Waals surface area contributed by atoms with E-state index >= 15 is 0 Å². The van der Waals surface area contributed by atoms with Crippen LogP contribution in [0, 0.1) is 0 Å². The summed E-state index contributed by atoms with van der Waals surface area (Å²) in [7, 11) is 0. The molecule has 0 saturated carbocycles. The van der Waals surface area contributed by atoms with Crippen LogP contribution in [0.3, 0.4) is 0 Å². The second kappa shape index (κ2) is 76.3. The van der Waals surface area contributed by atoms with Gasteiger partial charge in [0.1, 0.15) is 0 Å². The molecule has 0 bridgehead atoms. The number of amides is 1. The second-order valence-corrected chi connectivity index (χ2v) is 27.0. The van der Waals surface area contributed by atoms with E-state index in [2.05, 4.69) is 55.6 Å². The number of esters is 1. The first-order valence-electron chi connectivity index (χ1n) is 39.4. The number of unbranched alkanes of at least 4 members (excludes halogenated alkanes) is 57. The number of hydrogen-bond acceptors (Lipinski definition) is 5. The molecule has 0 aliphatic rings. The monoisotopic (exact) mass is 1220 g/mol. The fourth-order valence-electron chi connectivity index (χ4n) is 12.3. The molecular formula is C81H153NO5. The topological polar surface area (TPSA) is 95.9 Å². The molecule has 3 N–H and O–H groups in total. The highest BCUT2D eigenvalue weighted by atomic mass is 16.5. The largest absolute Gasteiger partial charge is 0.466 e. The van der Waals surface area contributed by atoms with Gasteiger partial charge in [0.2, 0.25) is 5.91 Å². The summed E-state index contributed by atoms with van der Waals surface area (Å²) < 4.78 is 5.51. The Bertz CT molecular complexity index is 1450. The van der Waals surface area contributed by atoms with E-state index in [1.807, 2.05) is 6.08 Å². The number of carbonyl (C=O) groups is 2. The number of aliphatic hydroxyl groups is 2. The van der Waals surface area contributed by atoms with Crippen LogP contribution in [-0.4, -0.2) is 47.4 Å². The van der Waals surface area contributed by atoms with Crippen molar-refractivity contribution in [3.05, 3.63) is 48.6 Å². The van der Waals surface area contributed by atoms with Crippen molar-refractivity contribution in [2.45, 2.75) is 443 Å². The Morgan fingerprint density at radius 1 is 0.322 bits per heavy atom. The minimum atomic E-state index is -0.847. The smallest absolute Gasteiger partial charge is 0.305 e. The first-order chi connectivity index (χ1) is 43.0. The normalized spacial score (nSPS) is 12.7. The zero-order chi connectivity index (χ0) is 62.8. The fourth-order valence-corrected chi connectivity index (χ4v) is 12.3. The predicted octanol–water partition coefficient (Wildman–Crippen LogP) is 26.0. The van der Waals surface area contributed by atoms with Crippen LogP contribution in [0.15, 0.2) is 48.6 Å². The molecule has 2 atom stereocenters. The molecule has 0 saturated heterocycles. The van der Waals surface area contributed by atoms with Gasteiger partial charge in [-0.05, 0) is 89.9 Å². The summed E-state index contributed by atoms with van der Waals surface area (Å²) in [4.78, 5) is 24.7. The molecular weight excluding hydrogens is 1070 g/mol. The molecule has 6 heteroatoms. The van der Waals surface area contributed by atoms with Gasteiger partial charge in [-0.2, -0.15) is 0 Å². The van der Waals surface area contributed by atoms with Gasteiger partial charge < -0.3 is 20.3 Å². The minimum absolute atomic E-state index is 0.0123. The molecule has 2 unspecified atom stereocenters. The Morgan fingerprint density at radius 3 is 0.908 bits per heavy atom. The molecule has 0 aliphatic carbocycles. The second-order valence-electron chi connectivity index (χ2n) is 27.0. The van der Waals surface area contributed by atoms with Crippen molar-refractivity contribution in [1.29, 1.82) is 0 Å². The van der Waals surface area contributed by atoms with Crippen LogP contribution in [0.25, 0.3) is 0 Å². The summed E-state index contributed by atoms with van der Waals surface area (Å²) in [6.45, 7) is 4.92. The molecule has 512 valence electrons. The van der Waals surface area contributed by atoms with Crippen LogP contribution in [0.2, 0.25) is 0 Å². The summed E-state index contributed by atoms with van der Waals surface area (Å²) >= 11 is 0. The lowest BCUT2D eigenvalue weighted by Gasteiger charge is -2.20. The van der Waals surface area contributed by atoms with E-state index in [1.165, 1.54) is 353 Å². The van der Waals surface area contributed by atoms with E-state index in [0.29, 0.717) is 19.4 Å². The molecule has 0 aromatic rings. The van der Waals surface area contributed by atoms with Crippen LogP contribution < -0.4 is 5.32 Å². The van der Waals surface area contributed by atoms with Crippen LogP contribution >= 0.6 is 0 Å². The summed E-state index contributed by atoms with van der Waals surface area (Å²) in [5.74, 6) is -0.0514. The van der Waals surface area contributed by atoms with E-state index < -0.39 is 12.1 Å². The predicted molar refractivity (Wildman–Crippen MR) is 384 cm³/mol. The molecule has 1 amide bonds. The maximum Gasteiger partial charge on any atom is 0.305 e. The van der Waals surface area contributed by atoms with E-state index in [9.17, 15) is 19.8 Å². The number of ether oxygens (including phenoxy) is 1. The van der Waals surface area contributed by atoms with Crippen molar-refractivity contribution in [3.63, 3.8) is 0 Å². The molecule has 0 fully saturated rings. The van der Waals surface area contributed by atoms with Crippen molar-refractivity contribution in [3.8, 4) is 0 Å². The molecule has 0 aromatic heterocycles. The summed E-state index contributed by atoms with van der Waals surface area (Å²) in [5, 5.41) is 23.3. The standard InChI is InChI=1S/C81H153NO5/c1-3-5-7-9-11-13-15-17-19-21-23-24-31-34-38-41-45-49-53-57-61-65-69-73-79(84)78(77-83)82-80(85)74-70-66-62-58-54-50-46-42-39-35-32-29-27-25-26-28-30-33-36-40-44-48-52-56-60-64-68-72-76-87-81(86)75-71-67-63-59-55-51-47-43-37-22-20-18-16-14-12-10-8-6-4-2/h12,14,18,20,25-26,69,73,78-79,83-84H,3-11,13,15-17,19,21-24,27-68,70-72,74-77H2,1-2H3,(H,82,85)/b14-12-,20-18-,26-25-,73-69+. The summed E-state index contributed by atoms with van der Waals surface area (Å²) in [6.07, 6.45) is 101. The maximum atomic E-state index is 12.5. The zero-order valence-electron chi connectivity index (χ0n) is 58.8. The van der Waals surface area contributed by atoms with Crippen molar-refractivity contribution >= 4 is 11.9 Å². The molecule has 0 radical (unpaired) electrons. The highest BCUT2D eigenvalue weighted by Crippen LogP contribution is 2.19. The summed E-state index contributed by atoms with van der Waals surface area (Å²) in [5.41, 5.74) is 0. The van der Waals surface area contributed by atoms with Gasteiger partial charge in [-0.1, -0.05) is 377 Å². The van der Waals surface area contributed by atoms with Crippen LogP contribution in [0.4, 0.5) is 0 Å². The highest BCUT2D eigenvalue weighted by molar-refractivity contribution is 5.76. The van der Waals surface area contributed by atoms with Gasteiger partial charge in [-0.25, -0.2) is 0 Å². The van der Waals surface area contributed by atoms with E-state index in [-0.39, 0.29) is 18.5 Å². The third kappa shape index (κ3) is 72.8. The lowest BCUT2D eigenvalue weighted by atomic mass is 10.0. The molecule has 87 heavy (non-hydrogen) atoms. The van der Waals surface area contributed by atoms with Crippen LogP contribution in [-0.2, 0) is 14.3 Å². The van der Waals surface area contributed by atoms with Crippen molar-refractivity contribution in [2.75, 3.05) is 13.2 Å². The number of rotatable bonds is 74. The van der Waals surface area contributed by atoms with Crippen molar-refractivity contribution < 1.29 is 24.5 Å². The van der Waals surface area contributed by atoms with Gasteiger partial charge in [0, 0.05) is 12.8 Å². The molecule has 0 aliphatic heterocycles. The fraction of sp³-hybridized carbons (Fsp3) is 0.877. The van der Waals surface area contributed by atoms with E-state index in [0.717, 1.165) is 51.4 Å². The lowest BCUT2D eigenvalue weighted by molar-refractivity contribution is -0.143. The molecule has 0 spiro atoms. The lowest BCUT2D eigenvalue weighted by Crippen LogP contribution is -2.45. The van der Waals surface area contributed by atoms with Gasteiger partial charge >= 0.3 is 5.97 Å². The Kier molecular flexibility index (Phi) is 74.4. The van der Waals surface area contributed by atoms with Gasteiger partial charge in [0.15, 0.2) is 0 Å². The average molecular weight is 1220 g/mol. The first-order valence-corrected chi connectivity index (χ1v) is 39.4. The molecule has 6 nitrogen and oxygen atoms in total. The SMILES string of the molecule is CCCCC/C=C\C/C=C\CCCCCCCCCCCC(=O)OCCCCCCCCCCCCCC/C=C\CCCCCCCCCCCCCCC(=O)NC(CO)C(O)/C=C/CCCCCCCCCCCCCCCCCCCCCCC. The van der Waals surface area contributed by atoms with Gasteiger partial charge in [-0.3, -0.25) is 9.59 Å². The van der Waals surface area contributed by atoms with E-state index in [4.69, 9.17) is 4.74 Å². The minimum Gasteiger partial charge on any atom is -0.466 e. The number of aliphatic hydroxyl groups excluding tert-OH is 2. The van der Waals surface area contributed by atoms with E-state index in [1.54, 1.807) is 6.08 Å². The van der Waals surface area contributed by atoms with Gasteiger partial charge in [-0.15, -0.1) is 0 Å². The molecule has 0 aromatic carbocycles. The number of allylic oxidation sites excluding steroid dienone is 7. The third-order valence-corrected chi connectivity index (χ3v) is 18.3. The molecule has 0 heterocycles. The van der Waals surface area contributed by atoms with Crippen LogP contribution in [0.1, 0.15) is 431 Å². The average Bonchev–Trinajstić information content (AvgIpc) is 3.52. The first kappa shape index (κ1) is 84.8. The quantitative estimate of drug-likeness (QED) is 0.0320. The third-order valence-electron chi connectivity index (χ3n) is 18.3. The zero-order valence-corrected chi connectivity index (χ0v) is 58.8. The van der Waals surface area contributed by atoms with Crippen LogP contribution in [0.5, 0.6) is 0 Å². The summed E-state index contributed by atoms with van der Waals surface area (Å²) in [6, 6.07) is -0.630. The number of carbonyl (C=O) groups excluding carboxylic acids is 2. The van der Waals surface area contributed by atoms with Crippen molar-refractivity contribution in [2.24, 2.45) is 0 Å². The Hall–Kier alpha value is -2.18. The maximum absolute atomic E-state index is 12.5. The van der Waals surface area contributed by atoms with Crippen molar-refractivity contribution in [1.82, 2.24) is 5.32 Å². The highest BCUT2D eigenvalue weighted by Gasteiger charge is 2.18. The Morgan fingerprint density at radius 2 is 0.575 bits per heavy atom. The number of nitrogens with one attached hydrogen (secondary N) is 1. The Balaban J connectivity index is 3.40. The van der Waals surface area contributed by atoms with Gasteiger partial charge in [0.05, 0.1) is 25.4 Å². The molecule has 0 rings (SSSR count). The Labute approximate surface area is 544 Å². The number of hydrogen-bond donors (Lipinski definition) is 3. The van der Waals surface area contributed by atoms with Gasteiger partial charge in [0.25, 0.3) is 0 Å².